The van der Waals surface area contributed by atoms with Crippen LogP contribution in [-0.2, 0) is 13.0 Å². The van der Waals surface area contributed by atoms with Crippen molar-refractivity contribution in [3.05, 3.63) is 53.0 Å². The van der Waals surface area contributed by atoms with Crippen molar-refractivity contribution >= 4 is 5.82 Å². The maximum Gasteiger partial charge on any atom is 0.234 e. The molecule has 1 aromatic heterocycles. The van der Waals surface area contributed by atoms with Gasteiger partial charge in [0.15, 0.2) is 0 Å². The molecule has 1 unspecified atom stereocenters. The van der Waals surface area contributed by atoms with E-state index in [1.54, 1.807) is 6.20 Å². The number of likely N-dealkylation sites (tertiary alicyclic amines) is 1. The molecule has 0 bridgehead atoms. The van der Waals surface area contributed by atoms with Gasteiger partial charge in [-0.15, -0.1) is 0 Å². The number of benzene rings is 1. The Labute approximate surface area is 201 Å². The molecule has 6 heteroatoms. The number of hydrogen-bond donors (Lipinski definition) is 0. The third-order valence-electron chi connectivity index (χ3n) is 6.38. The minimum atomic E-state index is 0.240. The van der Waals surface area contributed by atoms with Crippen LogP contribution in [0.25, 0.3) is 0 Å². The van der Waals surface area contributed by atoms with Crippen LogP contribution < -0.4 is 4.90 Å². The minimum absolute atomic E-state index is 0.240. The topological polar surface area (TPSA) is 59.3 Å². The highest BCUT2D eigenvalue weighted by Gasteiger charge is 2.24. The largest absolute Gasteiger partial charge is 0.355 e. The molecule has 0 spiro atoms. The van der Waals surface area contributed by atoms with Gasteiger partial charge in [0.25, 0.3) is 0 Å². The highest BCUT2D eigenvalue weighted by Crippen LogP contribution is 2.29. The molecule has 2 heterocycles. The number of nitriles is 1. The summed E-state index contributed by atoms with van der Waals surface area (Å²) >= 11 is 0. The first kappa shape index (κ1) is 26.8. The lowest BCUT2D eigenvalue weighted by atomic mass is 9.89. The fraction of sp³-hybridized carbons (Fsp3) is 0.593. The molecule has 6 nitrogen and oxygen atoms in total. The van der Waals surface area contributed by atoms with Crippen LogP contribution in [0.3, 0.4) is 0 Å². The van der Waals surface area contributed by atoms with Gasteiger partial charge >= 0.3 is 0 Å². The molecule has 1 saturated heterocycles. The van der Waals surface area contributed by atoms with E-state index in [4.69, 9.17) is 0 Å². The van der Waals surface area contributed by atoms with E-state index in [2.05, 4.69) is 90.0 Å². The second-order valence-electron chi connectivity index (χ2n) is 9.02. The van der Waals surface area contributed by atoms with Crippen LogP contribution >= 0.6 is 0 Å². The Bertz CT molecular complexity index is 878. The number of aromatic nitrogens is 2. The van der Waals surface area contributed by atoms with E-state index in [1.807, 2.05) is 13.8 Å². The summed E-state index contributed by atoms with van der Waals surface area (Å²) < 4.78 is 0. The quantitative estimate of drug-likeness (QED) is 0.581. The number of anilines is 1. The van der Waals surface area contributed by atoms with E-state index in [9.17, 15) is 5.26 Å². The lowest BCUT2D eigenvalue weighted by Crippen LogP contribution is -2.44. The van der Waals surface area contributed by atoms with Crippen LogP contribution in [0.15, 0.2) is 30.5 Å². The average molecular weight is 451 g/mol. The molecule has 0 aliphatic carbocycles. The predicted molar refractivity (Wildman–Crippen MR) is 138 cm³/mol. The molecular weight excluding hydrogens is 408 g/mol. The standard InChI is InChI=1S/C25H36N6.C2H6/c1-6-21-16-27-24(15-26)28-25(21)30(5)19(2)17-31-13-11-23(12-14-31)22-9-7-20(8-10-22)18-29(3)4;1-2/h7-10,16,19,23H,6,11-14,17-18H2,1-5H3;1-2H3. The van der Waals surface area contributed by atoms with Gasteiger partial charge in [0, 0.05) is 37.9 Å². The molecule has 1 aliphatic heterocycles. The van der Waals surface area contributed by atoms with E-state index in [0.717, 1.165) is 44.0 Å². The summed E-state index contributed by atoms with van der Waals surface area (Å²) in [5.74, 6) is 1.78. The first-order valence-corrected chi connectivity index (χ1v) is 12.4. The number of rotatable bonds is 8. The summed E-state index contributed by atoms with van der Waals surface area (Å²) in [5, 5.41) is 9.18. The SMILES string of the molecule is CC.CCc1cnc(C#N)nc1N(C)C(C)CN1CCC(c2ccc(CN(C)C)cc2)CC1. The van der Waals surface area contributed by atoms with Gasteiger partial charge in [0.1, 0.15) is 11.9 Å². The first-order valence-electron chi connectivity index (χ1n) is 12.4. The summed E-state index contributed by atoms with van der Waals surface area (Å²) in [6.45, 7) is 12.6. The maximum atomic E-state index is 9.18. The third-order valence-corrected chi connectivity index (χ3v) is 6.38. The van der Waals surface area contributed by atoms with E-state index in [-0.39, 0.29) is 5.82 Å². The average Bonchev–Trinajstić information content (AvgIpc) is 2.85. The maximum absolute atomic E-state index is 9.18. The molecule has 1 aromatic carbocycles. The second kappa shape index (κ2) is 13.3. The van der Waals surface area contributed by atoms with Gasteiger partial charge < -0.3 is 14.7 Å². The van der Waals surface area contributed by atoms with Crippen LogP contribution in [0.4, 0.5) is 5.82 Å². The minimum Gasteiger partial charge on any atom is -0.355 e. The monoisotopic (exact) mass is 450 g/mol. The highest BCUT2D eigenvalue weighted by molar-refractivity contribution is 5.47. The van der Waals surface area contributed by atoms with Crippen molar-refractivity contribution in [2.45, 2.75) is 65.5 Å². The van der Waals surface area contributed by atoms with E-state index in [0.29, 0.717) is 12.0 Å². The Morgan fingerprint density at radius 3 is 2.30 bits per heavy atom. The Balaban J connectivity index is 0.00000187. The lowest BCUT2D eigenvalue weighted by Gasteiger charge is -2.36. The van der Waals surface area contributed by atoms with Gasteiger partial charge in [-0.1, -0.05) is 45.0 Å². The molecular formula is C27H42N6. The van der Waals surface area contributed by atoms with E-state index >= 15 is 0 Å². The zero-order valence-corrected chi connectivity index (χ0v) is 21.7. The molecule has 0 amide bonds. The summed E-state index contributed by atoms with van der Waals surface area (Å²) in [7, 11) is 6.30. The zero-order valence-electron chi connectivity index (χ0n) is 21.7. The number of aryl methyl sites for hydroxylation is 1. The van der Waals surface area contributed by atoms with Crippen molar-refractivity contribution in [1.29, 1.82) is 5.26 Å². The normalized spacial score (nSPS) is 15.5. The van der Waals surface area contributed by atoms with Crippen molar-refractivity contribution < 1.29 is 0 Å². The fourth-order valence-corrected chi connectivity index (χ4v) is 4.42. The molecule has 1 aliphatic rings. The van der Waals surface area contributed by atoms with Crippen LogP contribution in [0.1, 0.15) is 69.0 Å². The number of likely N-dealkylation sites (N-methyl/N-ethyl adjacent to an activating group) is 1. The van der Waals surface area contributed by atoms with Gasteiger partial charge in [0.2, 0.25) is 5.82 Å². The van der Waals surface area contributed by atoms with Gasteiger partial charge in [-0.25, -0.2) is 9.97 Å². The number of piperidine rings is 1. The smallest absolute Gasteiger partial charge is 0.234 e. The molecule has 0 saturated carbocycles. The predicted octanol–water partition coefficient (Wildman–Crippen LogP) is 4.70. The van der Waals surface area contributed by atoms with Gasteiger partial charge in [-0.3, -0.25) is 0 Å². The van der Waals surface area contributed by atoms with Crippen molar-refractivity contribution in [1.82, 2.24) is 19.8 Å². The Morgan fingerprint density at radius 2 is 1.76 bits per heavy atom. The number of hydrogen-bond acceptors (Lipinski definition) is 6. The van der Waals surface area contributed by atoms with Crippen molar-refractivity contribution in [3.63, 3.8) is 0 Å². The Morgan fingerprint density at radius 1 is 1.12 bits per heavy atom. The molecule has 1 atom stereocenters. The third kappa shape index (κ3) is 7.52. The molecule has 2 aromatic rings. The lowest BCUT2D eigenvalue weighted by molar-refractivity contribution is 0.202. The van der Waals surface area contributed by atoms with E-state index < -0.39 is 0 Å². The molecule has 0 N–H and O–H groups in total. The molecule has 33 heavy (non-hydrogen) atoms. The summed E-state index contributed by atoms with van der Waals surface area (Å²) in [6, 6.07) is 11.6. The molecule has 3 rings (SSSR count). The summed E-state index contributed by atoms with van der Waals surface area (Å²) in [5.41, 5.74) is 3.94. The second-order valence-corrected chi connectivity index (χ2v) is 9.02. The Hall–Kier alpha value is -2.49. The molecule has 180 valence electrons. The van der Waals surface area contributed by atoms with Crippen LogP contribution in [0.2, 0.25) is 0 Å². The van der Waals surface area contributed by atoms with Crippen LogP contribution in [-0.4, -0.2) is 66.6 Å². The van der Waals surface area contributed by atoms with Crippen molar-refractivity contribution in [3.8, 4) is 6.07 Å². The zero-order chi connectivity index (χ0) is 24.4. The first-order chi connectivity index (χ1) is 15.9. The van der Waals surface area contributed by atoms with Crippen molar-refractivity contribution in [2.24, 2.45) is 0 Å². The van der Waals surface area contributed by atoms with E-state index in [1.165, 1.54) is 24.0 Å². The highest BCUT2D eigenvalue weighted by atomic mass is 15.2. The fourth-order valence-electron chi connectivity index (χ4n) is 4.42. The molecule has 1 fully saturated rings. The van der Waals surface area contributed by atoms with Crippen LogP contribution in [0, 0.1) is 11.3 Å². The van der Waals surface area contributed by atoms with Gasteiger partial charge in [-0.05, 0) is 70.4 Å². The summed E-state index contributed by atoms with van der Waals surface area (Å²) in [6.07, 6.45) is 5.06. The van der Waals surface area contributed by atoms with Crippen LogP contribution in [0.5, 0.6) is 0 Å². The van der Waals surface area contributed by atoms with Gasteiger partial charge in [-0.2, -0.15) is 5.26 Å². The molecule has 0 radical (unpaired) electrons. The number of nitrogens with zero attached hydrogens (tertiary/aromatic N) is 6. The Kier molecular flexibility index (Phi) is 10.8. The van der Waals surface area contributed by atoms with Crippen molar-refractivity contribution in [2.75, 3.05) is 45.7 Å². The van der Waals surface area contributed by atoms with Gasteiger partial charge in [0.05, 0.1) is 0 Å². The summed E-state index contributed by atoms with van der Waals surface area (Å²) in [4.78, 5) is 15.6.